The zero-order valence-corrected chi connectivity index (χ0v) is 12.5. The fraction of sp³-hybridized carbons (Fsp3) is 0.286. The van der Waals surface area contributed by atoms with Crippen LogP contribution in [0.1, 0.15) is 30.8 Å². The van der Waals surface area contributed by atoms with Gasteiger partial charge in [0.05, 0.1) is 22.5 Å². The lowest BCUT2D eigenvalue weighted by Gasteiger charge is -2.14. The Labute approximate surface area is 127 Å². The van der Waals surface area contributed by atoms with Gasteiger partial charge in [-0.1, -0.05) is 36.2 Å². The number of nitrogens with zero attached hydrogens (tertiary/aromatic N) is 1. The van der Waals surface area contributed by atoms with Gasteiger partial charge in [-0.2, -0.15) is 0 Å². The Kier molecular flexibility index (Phi) is 5.04. The number of rotatable bonds is 5. The van der Waals surface area contributed by atoms with E-state index in [1.165, 1.54) is 0 Å². The zero-order chi connectivity index (χ0) is 14.5. The van der Waals surface area contributed by atoms with Gasteiger partial charge in [-0.15, -0.1) is 0 Å². The standard InChI is InChI=1S/C14H15Cl2N3O/c1-2-12(14-17-5-6-18-14)19-13(20)8-9-3-4-10(15)11(16)7-9/h3-7,12H,2,8H2,1H3,(H,17,18)(H,19,20). The van der Waals surface area contributed by atoms with Gasteiger partial charge in [0.15, 0.2) is 0 Å². The van der Waals surface area contributed by atoms with Crippen molar-refractivity contribution in [2.45, 2.75) is 25.8 Å². The van der Waals surface area contributed by atoms with Crippen molar-refractivity contribution in [3.05, 3.63) is 52.0 Å². The third-order valence-electron chi connectivity index (χ3n) is 2.94. The molecule has 4 nitrogen and oxygen atoms in total. The summed E-state index contributed by atoms with van der Waals surface area (Å²) in [6.45, 7) is 1.99. The van der Waals surface area contributed by atoms with Crippen LogP contribution in [-0.4, -0.2) is 15.9 Å². The molecule has 0 aliphatic heterocycles. The predicted octanol–water partition coefficient (Wildman–Crippen LogP) is 3.53. The van der Waals surface area contributed by atoms with Crippen LogP contribution in [0.25, 0.3) is 0 Å². The van der Waals surface area contributed by atoms with Crippen molar-refractivity contribution in [1.29, 1.82) is 0 Å². The molecular weight excluding hydrogens is 297 g/mol. The summed E-state index contributed by atoms with van der Waals surface area (Å²) in [5, 5.41) is 3.88. The van der Waals surface area contributed by atoms with E-state index in [0.717, 1.165) is 17.8 Å². The number of benzene rings is 1. The number of amides is 1. The number of carbonyl (C=O) groups is 1. The van der Waals surface area contributed by atoms with E-state index >= 15 is 0 Å². The maximum Gasteiger partial charge on any atom is 0.225 e. The van der Waals surface area contributed by atoms with Crippen LogP contribution < -0.4 is 5.32 Å². The number of hydrogen-bond acceptors (Lipinski definition) is 2. The summed E-state index contributed by atoms with van der Waals surface area (Å²) in [4.78, 5) is 19.2. The molecule has 6 heteroatoms. The maximum atomic E-state index is 12.0. The van der Waals surface area contributed by atoms with Crippen molar-refractivity contribution >= 4 is 29.1 Å². The van der Waals surface area contributed by atoms with Gasteiger partial charge in [-0.05, 0) is 24.1 Å². The SMILES string of the molecule is CCC(NC(=O)Cc1ccc(Cl)c(Cl)c1)c1ncc[nH]1. The van der Waals surface area contributed by atoms with Crippen molar-refractivity contribution in [2.24, 2.45) is 0 Å². The zero-order valence-electron chi connectivity index (χ0n) is 11.0. The van der Waals surface area contributed by atoms with Crippen LogP contribution in [0.4, 0.5) is 0 Å². The van der Waals surface area contributed by atoms with E-state index < -0.39 is 0 Å². The van der Waals surface area contributed by atoms with Crippen molar-refractivity contribution < 1.29 is 4.79 Å². The molecule has 0 saturated heterocycles. The second-order valence-corrected chi connectivity index (χ2v) is 5.24. The maximum absolute atomic E-state index is 12.0. The number of H-pyrrole nitrogens is 1. The molecule has 106 valence electrons. The van der Waals surface area contributed by atoms with Gasteiger partial charge >= 0.3 is 0 Å². The average Bonchev–Trinajstić information content (AvgIpc) is 2.94. The molecule has 1 atom stereocenters. The normalized spacial score (nSPS) is 12.2. The molecule has 1 aromatic carbocycles. The van der Waals surface area contributed by atoms with E-state index in [0.29, 0.717) is 10.0 Å². The van der Waals surface area contributed by atoms with Crippen LogP contribution in [0.3, 0.4) is 0 Å². The lowest BCUT2D eigenvalue weighted by atomic mass is 10.1. The van der Waals surface area contributed by atoms with E-state index in [1.54, 1.807) is 30.6 Å². The Bertz CT molecular complexity index is 584. The highest BCUT2D eigenvalue weighted by molar-refractivity contribution is 6.42. The van der Waals surface area contributed by atoms with Crippen LogP contribution in [0, 0.1) is 0 Å². The molecule has 0 aliphatic carbocycles. The second-order valence-electron chi connectivity index (χ2n) is 4.43. The lowest BCUT2D eigenvalue weighted by molar-refractivity contribution is -0.121. The first-order valence-corrected chi connectivity index (χ1v) is 7.08. The molecule has 2 aromatic rings. The molecule has 20 heavy (non-hydrogen) atoms. The highest BCUT2D eigenvalue weighted by Gasteiger charge is 2.15. The molecule has 1 heterocycles. The Hall–Kier alpha value is -1.52. The quantitative estimate of drug-likeness (QED) is 0.887. The third-order valence-corrected chi connectivity index (χ3v) is 3.68. The first-order valence-electron chi connectivity index (χ1n) is 6.32. The highest BCUT2D eigenvalue weighted by Crippen LogP contribution is 2.23. The summed E-state index contributed by atoms with van der Waals surface area (Å²) >= 11 is 11.8. The van der Waals surface area contributed by atoms with E-state index in [-0.39, 0.29) is 18.4 Å². The van der Waals surface area contributed by atoms with Gasteiger partial charge in [0.25, 0.3) is 0 Å². The summed E-state index contributed by atoms with van der Waals surface area (Å²) in [7, 11) is 0. The second kappa shape index (κ2) is 6.77. The first kappa shape index (κ1) is 14.9. The Balaban J connectivity index is 1.99. The first-order chi connectivity index (χ1) is 9.60. The molecule has 0 fully saturated rings. The Morgan fingerprint density at radius 2 is 2.20 bits per heavy atom. The van der Waals surface area contributed by atoms with Crippen LogP contribution in [0.5, 0.6) is 0 Å². The molecule has 0 aliphatic rings. The summed E-state index contributed by atoms with van der Waals surface area (Å²) < 4.78 is 0. The van der Waals surface area contributed by atoms with Gasteiger partial charge in [0.1, 0.15) is 5.82 Å². The number of halogens is 2. The number of aromatic amines is 1. The average molecular weight is 312 g/mol. The molecule has 1 unspecified atom stereocenters. The van der Waals surface area contributed by atoms with Gasteiger partial charge in [0, 0.05) is 12.4 Å². The van der Waals surface area contributed by atoms with Gasteiger partial charge in [-0.25, -0.2) is 4.98 Å². The minimum absolute atomic E-state index is 0.0772. The van der Waals surface area contributed by atoms with Crippen LogP contribution in [0.15, 0.2) is 30.6 Å². The summed E-state index contributed by atoms with van der Waals surface area (Å²) in [5.41, 5.74) is 0.825. The number of aromatic nitrogens is 2. The Morgan fingerprint density at radius 1 is 1.40 bits per heavy atom. The summed E-state index contributed by atoms with van der Waals surface area (Å²) in [5.74, 6) is 0.682. The van der Waals surface area contributed by atoms with E-state index in [2.05, 4.69) is 15.3 Å². The number of carbonyl (C=O) groups excluding carboxylic acids is 1. The van der Waals surface area contributed by atoms with Crippen molar-refractivity contribution in [3.63, 3.8) is 0 Å². The molecule has 2 rings (SSSR count). The van der Waals surface area contributed by atoms with Gasteiger partial charge in [-0.3, -0.25) is 4.79 Å². The lowest BCUT2D eigenvalue weighted by Crippen LogP contribution is -2.30. The fourth-order valence-electron chi connectivity index (χ4n) is 1.91. The molecule has 0 saturated carbocycles. The van der Waals surface area contributed by atoms with E-state index in [1.807, 2.05) is 6.92 Å². The van der Waals surface area contributed by atoms with Crippen LogP contribution in [-0.2, 0) is 11.2 Å². The highest BCUT2D eigenvalue weighted by atomic mass is 35.5. The molecule has 1 aromatic heterocycles. The smallest absolute Gasteiger partial charge is 0.225 e. The van der Waals surface area contributed by atoms with E-state index in [9.17, 15) is 4.79 Å². The molecule has 0 bridgehead atoms. The summed E-state index contributed by atoms with van der Waals surface area (Å²) in [6.07, 6.45) is 4.43. The minimum Gasteiger partial charge on any atom is -0.347 e. The summed E-state index contributed by atoms with van der Waals surface area (Å²) in [6, 6.07) is 5.08. The molecule has 0 spiro atoms. The molecule has 1 amide bonds. The van der Waals surface area contributed by atoms with Gasteiger partial charge in [0.2, 0.25) is 5.91 Å². The van der Waals surface area contributed by atoms with Crippen molar-refractivity contribution in [3.8, 4) is 0 Å². The minimum atomic E-state index is -0.111. The third kappa shape index (κ3) is 3.74. The van der Waals surface area contributed by atoms with E-state index in [4.69, 9.17) is 23.2 Å². The number of imidazole rings is 1. The number of hydrogen-bond donors (Lipinski definition) is 2. The van der Waals surface area contributed by atoms with Crippen LogP contribution >= 0.6 is 23.2 Å². The van der Waals surface area contributed by atoms with Gasteiger partial charge < -0.3 is 10.3 Å². The largest absolute Gasteiger partial charge is 0.347 e. The predicted molar refractivity (Wildman–Crippen MR) is 79.9 cm³/mol. The van der Waals surface area contributed by atoms with Crippen LogP contribution in [0.2, 0.25) is 10.0 Å². The molecule has 0 radical (unpaired) electrons. The topological polar surface area (TPSA) is 57.8 Å². The molecular formula is C14H15Cl2N3O. The number of nitrogens with one attached hydrogen (secondary N) is 2. The Morgan fingerprint density at radius 3 is 2.80 bits per heavy atom. The van der Waals surface area contributed by atoms with Crippen molar-refractivity contribution in [1.82, 2.24) is 15.3 Å². The monoisotopic (exact) mass is 311 g/mol. The van der Waals surface area contributed by atoms with Crippen molar-refractivity contribution in [2.75, 3.05) is 0 Å². The molecule has 2 N–H and O–H groups in total. The fourth-order valence-corrected chi connectivity index (χ4v) is 2.23.